The Morgan fingerprint density at radius 3 is 2.81 bits per heavy atom. The van der Waals surface area contributed by atoms with Crippen molar-refractivity contribution in [2.75, 3.05) is 0 Å². The molecule has 0 aliphatic heterocycles. The number of benzene rings is 1. The average molecular weight is 353 g/mol. The van der Waals surface area contributed by atoms with Crippen LogP contribution in [0.1, 0.15) is 88.7 Å². The number of fused-ring (bicyclic) bond motifs is 7. The van der Waals surface area contributed by atoms with Gasteiger partial charge in [0.2, 0.25) is 0 Å². The van der Waals surface area contributed by atoms with Crippen molar-refractivity contribution in [3.05, 3.63) is 35.4 Å². The number of aliphatic hydroxyl groups is 1. The fourth-order valence-electron chi connectivity index (χ4n) is 8.28. The van der Waals surface area contributed by atoms with Gasteiger partial charge in [0.1, 0.15) is 0 Å². The molecule has 5 rings (SSSR count). The predicted octanol–water partition coefficient (Wildman–Crippen LogP) is 6.10. The summed E-state index contributed by atoms with van der Waals surface area (Å²) in [5.74, 6) is 3.69. The normalized spacial score (nSPS) is 46.8. The molecule has 0 radical (unpaired) electrons. The fraction of sp³-hybridized carbons (Fsp3) is 0.760. The van der Waals surface area contributed by atoms with Gasteiger partial charge < -0.3 is 5.11 Å². The summed E-state index contributed by atoms with van der Waals surface area (Å²) in [5.41, 5.74) is 3.09. The van der Waals surface area contributed by atoms with Crippen LogP contribution in [0.3, 0.4) is 0 Å². The van der Waals surface area contributed by atoms with Gasteiger partial charge in [0, 0.05) is 0 Å². The van der Waals surface area contributed by atoms with E-state index in [0.717, 1.165) is 30.1 Å². The Morgan fingerprint density at radius 2 is 1.96 bits per heavy atom. The summed E-state index contributed by atoms with van der Waals surface area (Å²) in [6, 6.07) is 9.31. The second-order valence-electron chi connectivity index (χ2n) is 10.3. The van der Waals surface area contributed by atoms with Crippen molar-refractivity contribution >= 4 is 0 Å². The Morgan fingerprint density at radius 1 is 1.12 bits per heavy atom. The maximum Gasteiger partial charge on any atom is 0.0731 e. The number of hydrogen-bond donors (Lipinski definition) is 1. The highest BCUT2D eigenvalue weighted by molar-refractivity contribution is 5.36. The largest absolute Gasteiger partial charge is 0.389 e. The van der Waals surface area contributed by atoms with Crippen molar-refractivity contribution in [2.24, 2.45) is 29.1 Å². The van der Waals surface area contributed by atoms with Crippen LogP contribution in [0.4, 0.5) is 0 Å². The standard InChI is InChI=1S/C25H36O/c1-3-8-18-15-17-9-4-5-11-20(17)21-12-14-24(2)22(23(18)21)16-19-10-6-7-13-25(19,24)26/h4-5,9,11,18-19,21-23,26H,3,6-8,10,12-16H2,1-2H3/t18-,19-,21-,22+,23-,24+,25-/m1/s1. The quantitative estimate of drug-likeness (QED) is 0.682. The molecule has 1 aromatic rings. The molecule has 0 bridgehead atoms. The van der Waals surface area contributed by atoms with E-state index in [-0.39, 0.29) is 11.0 Å². The smallest absolute Gasteiger partial charge is 0.0731 e. The van der Waals surface area contributed by atoms with Gasteiger partial charge in [-0.2, -0.15) is 0 Å². The predicted molar refractivity (Wildman–Crippen MR) is 107 cm³/mol. The van der Waals surface area contributed by atoms with E-state index in [0.29, 0.717) is 5.92 Å². The summed E-state index contributed by atoms with van der Waals surface area (Å²) in [5, 5.41) is 11.9. The van der Waals surface area contributed by atoms with Crippen molar-refractivity contribution < 1.29 is 5.11 Å². The fourth-order valence-corrected chi connectivity index (χ4v) is 8.28. The van der Waals surface area contributed by atoms with Gasteiger partial charge in [0.15, 0.2) is 0 Å². The van der Waals surface area contributed by atoms with Gasteiger partial charge in [-0.25, -0.2) is 0 Å². The minimum atomic E-state index is -0.366. The first kappa shape index (κ1) is 17.3. The maximum atomic E-state index is 11.9. The Balaban J connectivity index is 1.57. The van der Waals surface area contributed by atoms with Crippen LogP contribution in [-0.2, 0) is 6.42 Å². The van der Waals surface area contributed by atoms with E-state index < -0.39 is 0 Å². The summed E-state index contributed by atoms with van der Waals surface area (Å²) in [6.07, 6.45) is 12.7. The SMILES string of the molecule is CCC[C@@H]1Cc2ccccc2[C@H]2CC[C@@]3(C)[C@@H](C[C@H]4CCCC[C@@]43O)[C@H]12. The lowest BCUT2D eigenvalue weighted by molar-refractivity contribution is -0.140. The third kappa shape index (κ3) is 2.19. The molecule has 0 aromatic heterocycles. The molecular formula is C25H36O. The van der Waals surface area contributed by atoms with Crippen molar-refractivity contribution in [2.45, 2.75) is 89.6 Å². The molecule has 26 heavy (non-hydrogen) atoms. The summed E-state index contributed by atoms with van der Waals surface area (Å²) < 4.78 is 0. The lowest BCUT2D eigenvalue weighted by Crippen LogP contribution is -2.54. The molecule has 0 saturated heterocycles. The molecule has 0 unspecified atom stereocenters. The van der Waals surface area contributed by atoms with Gasteiger partial charge in [-0.15, -0.1) is 0 Å². The first-order valence-corrected chi connectivity index (χ1v) is 11.4. The van der Waals surface area contributed by atoms with Crippen LogP contribution in [-0.4, -0.2) is 10.7 Å². The van der Waals surface area contributed by atoms with Crippen molar-refractivity contribution in [1.82, 2.24) is 0 Å². The topological polar surface area (TPSA) is 20.2 Å². The Bertz CT molecular complexity index is 680. The second kappa shape index (κ2) is 6.09. The van der Waals surface area contributed by atoms with Crippen LogP contribution in [0.2, 0.25) is 0 Å². The number of hydrogen-bond acceptors (Lipinski definition) is 1. The van der Waals surface area contributed by atoms with E-state index in [2.05, 4.69) is 38.1 Å². The second-order valence-corrected chi connectivity index (χ2v) is 10.3. The van der Waals surface area contributed by atoms with Gasteiger partial charge in [0.25, 0.3) is 0 Å². The molecule has 142 valence electrons. The van der Waals surface area contributed by atoms with E-state index in [1.807, 2.05) is 0 Å². The first-order chi connectivity index (χ1) is 12.6. The molecule has 0 spiro atoms. The lowest BCUT2D eigenvalue weighted by Gasteiger charge is -2.56. The summed E-state index contributed by atoms with van der Waals surface area (Å²) in [7, 11) is 0. The van der Waals surface area contributed by atoms with Crippen LogP contribution >= 0.6 is 0 Å². The Labute approximate surface area is 159 Å². The van der Waals surface area contributed by atoms with Crippen LogP contribution in [0, 0.1) is 29.1 Å². The Kier molecular flexibility index (Phi) is 4.05. The first-order valence-electron chi connectivity index (χ1n) is 11.4. The van der Waals surface area contributed by atoms with Crippen LogP contribution in [0.25, 0.3) is 0 Å². The molecule has 1 heteroatoms. The minimum Gasteiger partial charge on any atom is -0.389 e. The van der Waals surface area contributed by atoms with Crippen molar-refractivity contribution in [1.29, 1.82) is 0 Å². The molecule has 0 amide bonds. The number of rotatable bonds is 2. The molecule has 1 aromatic carbocycles. The van der Waals surface area contributed by atoms with Crippen molar-refractivity contribution in [3.63, 3.8) is 0 Å². The monoisotopic (exact) mass is 352 g/mol. The van der Waals surface area contributed by atoms with Crippen molar-refractivity contribution in [3.8, 4) is 0 Å². The zero-order chi connectivity index (χ0) is 17.9. The van der Waals surface area contributed by atoms with E-state index in [9.17, 15) is 5.11 Å². The van der Waals surface area contributed by atoms with Gasteiger partial charge in [-0.3, -0.25) is 0 Å². The summed E-state index contributed by atoms with van der Waals surface area (Å²) >= 11 is 0. The molecule has 1 nitrogen and oxygen atoms in total. The van der Waals surface area contributed by atoms with Gasteiger partial charge in [-0.1, -0.05) is 63.8 Å². The lowest BCUT2D eigenvalue weighted by atomic mass is 9.50. The molecule has 4 aliphatic carbocycles. The third-order valence-electron chi connectivity index (χ3n) is 9.43. The molecule has 3 fully saturated rings. The average Bonchev–Trinajstić information content (AvgIpc) is 2.89. The highest BCUT2D eigenvalue weighted by Gasteiger charge is 2.66. The molecule has 3 saturated carbocycles. The molecule has 7 atom stereocenters. The summed E-state index contributed by atoms with van der Waals surface area (Å²) in [4.78, 5) is 0. The molecular weight excluding hydrogens is 316 g/mol. The van der Waals surface area contributed by atoms with Gasteiger partial charge in [-0.05, 0) is 84.7 Å². The van der Waals surface area contributed by atoms with E-state index in [1.165, 1.54) is 57.8 Å². The highest BCUT2D eigenvalue weighted by Crippen LogP contribution is 2.69. The van der Waals surface area contributed by atoms with E-state index >= 15 is 0 Å². The Hall–Kier alpha value is -0.820. The van der Waals surface area contributed by atoms with Gasteiger partial charge in [0.05, 0.1) is 5.60 Å². The highest BCUT2D eigenvalue weighted by atomic mass is 16.3. The zero-order valence-electron chi connectivity index (χ0n) is 16.7. The van der Waals surface area contributed by atoms with Crippen LogP contribution < -0.4 is 0 Å². The van der Waals surface area contributed by atoms with Gasteiger partial charge >= 0.3 is 0 Å². The van der Waals surface area contributed by atoms with Crippen LogP contribution in [0.5, 0.6) is 0 Å². The minimum absolute atomic E-state index is 0.164. The van der Waals surface area contributed by atoms with Crippen LogP contribution in [0.15, 0.2) is 24.3 Å². The van der Waals surface area contributed by atoms with E-state index in [1.54, 1.807) is 11.1 Å². The maximum absolute atomic E-state index is 11.9. The molecule has 4 aliphatic rings. The molecule has 0 heterocycles. The molecule has 1 N–H and O–H groups in total. The van der Waals surface area contributed by atoms with E-state index in [4.69, 9.17) is 0 Å². The summed E-state index contributed by atoms with van der Waals surface area (Å²) in [6.45, 7) is 4.85. The third-order valence-corrected chi connectivity index (χ3v) is 9.43. The zero-order valence-corrected chi connectivity index (χ0v) is 16.7.